The number of anilines is 1. The molecule has 0 radical (unpaired) electrons. The fraction of sp³-hybridized carbons (Fsp3) is 0.214. The van der Waals surface area contributed by atoms with E-state index in [1.807, 2.05) is 51.1 Å². The monoisotopic (exact) mass is 531 g/mol. The molecule has 0 spiro atoms. The molecular weight excluding hydrogens is 506 g/mol. The summed E-state index contributed by atoms with van der Waals surface area (Å²) in [7, 11) is 4.80. The number of non-ortho nitro benzene ring substituents is 1. The number of carbonyl (C=O) groups is 1. The lowest BCUT2D eigenvalue weighted by molar-refractivity contribution is -0.384. The standard InChI is InChI=1S/C28H25N3O4S2/c1-16-12-22-23(13-17(16)2)30(27(32)18-8-6-10-20(14-18)31(33)34)28(3,4)25-24(22)26(37-36-25)29-19-9-7-11-21(15-19)35-5/h6-15H,1-5H3. The topological polar surface area (TPSA) is 85.0 Å². The van der Waals surface area contributed by atoms with E-state index in [1.165, 1.54) is 12.1 Å². The lowest BCUT2D eigenvalue weighted by Gasteiger charge is -2.43. The van der Waals surface area contributed by atoms with Gasteiger partial charge in [0.15, 0.2) is 0 Å². The minimum atomic E-state index is -0.713. The third-order valence-corrected chi connectivity index (χ3v) is 9.30. The Hall–Kier alpha value is -3.82. The average molecular weight is 532 g/mol. The van der Waals surface area contributed by atoms with Crippen LogP contribution in [0.1, 0.15) is 40.2 Å². The van der Waals surface area contributed by atoms with Crippen LogP contribution in [0.25, 0.3) is 11.1 Å². The number of nitro benzene ring substituents is 1. The van der Waals surface area contributed by atoms with Gasteiger partial charge in [0.1, 0.15) is 10.4 Å². The van der Waals surface area contributed by atoms with E-state index < -0.39 is 10.5 Å². The molecule has 9 heteroatoms. The summed E-state index contributed by atoms with van der Waals surface area (Å²) in [5.41, 5.74) is 5.11. The Bertz CT molecular complexity index is 1630. The number of amides is 1. The maximum Gasteiger partial charge on any atom is 0.270 e. The first-order chi connectivity index (χ1) is 17.6. The van der Waals surface area contributed by atoms with Gasteiger partial charge in [-0.1, -0.05) is 32.8 Å². The van der Waals surface area contributed by atoms with Crippen LogP contribution in [0.3, 0.4) is 0 Å². The highest BCUT2D eigenvalue weighted by atomic mass is 32.9. The molecule has 0 saturated heterocycles. The zero-order valence-electron chi connectivity index (χ0n) is 21.1. The van der Waals surface area contributed by atoms with Crippen molar-refractivity contribution < 1.29 is 14.5 Å². The van der Waals surface area contributed by atoms with Crippen molar-refractivity contribution in [1.82, 2.24) is 0 Å². The molecular formula is C28H25N3O4S2. The summed E-state index contributed by atoms with van der Waals surface area (Å²) in [6.45, 7) is 8.10. The van der Waals surface area contributed by atoms with Crippen LogP contribution in [0.5, 0.6) is 5.75 Å². The quantitative estimate of drug-likeness (QED) is 0.159. The molecule has 3 aromatic carbocycles. The Morgan fingerprint density at radius 1 is 1.03 bits per heavy atom. The van der Waals surface area contributed by atoms with Crippen LogP contribution in [-0.2, 0) is 5.54 Å². The van der Waals surface area contributed by atoms with E-state index in [9.17, 15) is 14.9 Å². The van der Waals surface area contributed by atoms with Gasteiger partial charge in [0.25, 0.3) is 11.6 Å². The fourth-order valence-corrected chi connectivity index (χ4v) is 7.57. The first kappa shape index (κ1) is 24.9. The predicted molar refractivity (Wildman–Crippen MR) is 148 cm³/mol. The number of nitro groups is 1. The SMILES string of the molecule is COc1cccc(N=c2ssc3c2-c2cc(C)c(C)cc2N(C(=O)c2cccc([N+](=O)[O-])c2)C3(C)C)c1. The fourth-order valence-electron chi connectivity index (χ4n) is 4.61. The minimum Gasteiger partial charge on any atom is -0.497 e. The number of hydrogen-bond acceptors (Lipinski definition) is 7. The Morgan fingerprint density at radius 3 is 2.49 bits per heavy atom. The van der Waals surface area contributed by atoms with Gasteiger partial charge >= 0.3 is 0 Å². The number of aryl methyl sites for hydroxylation is 2. The molecule has 0 fully saturated rings. The second-order valence-corrected chi connectivity index (χ2v) is 11.6. The molecule has 0 unspecified atom stereocenters. The summed E-state index contributed by atoms with van der Waals surface area (Å²) < 4.78 is 6.24. The highest BCUT2D eigenvalue weighted by Crippen LogP contribution is 2.50. The van der Waals surface area contributed by atoms with E-state index in [2.05, 4.69) is 13.0 Å². The van der Waals surface area contributed by atoms with Crippen molar-refractivity contribution >= 4 is 43.7 Å². The Kier molecular flexibility index (Phi) is 6.21. The Morgan fingerprint density at radius 2 is 1.76 bits per heavy atom. The second-order valence-electron chi connectivity index (χ2n) is 9.45. The molecule has 1 aliphatic heterocycles. The summed E-state index contributed by atoms with van der Waals surface area (Å²) in [4.78, 5) is 32.7. The molecule has 0 bridgehead atoms. The van der Waals surface area contributed by atoms with Crippen LogP contribution in [0, 0.1) is 24.0 Å². The highest BCUT2D eigenvalue weighted by molar-refractivity contribution is 7.68. The first-order valence-corrected chi connectivity index (χ1v) is 13.8. The Labute approximate surface area is 221 Å². The molecule has 1 amide bonds. The molecule has 7 nitrogen and oxygen atoms in total. The van der Waals surface area contributed by atoms with Gasteiger partial charge in [-0.05, 0) is 69.2 Å². The third-order valence-electron chi connectivity index (χ3n) is 6.67. The smallest absolute Gasteiger partial charge is 0.270 e. The number of fused-ring (bicyclic) bond motifs is 3. The predicted octanol–water partition coefficient (Wildman–Crippen LogP) is 7.14. The molecule has 0 aliphatic carbocycles. The van der Waals surface area contributed by atoms with Crippen LogP contribution in [0.2, 0.25) is 0 Å². The Balaban J connectivity index is 1.74. The van der Waals surface area contributed by atoms with Crippen LogP contribution < -0.4 is 14.3 Å². The summed E-state index contributed by atoms with van der Waals surface area (Å²) in [6.07, 6.45) is 0. The van der Waals surface area contributed by atoms with Gasteiger partial charge < -0.3 is 4.74 Å². The van der Waals surface area contributed by atoms with Crippen molar-refractivity contribution in [1.29, 1.82) is 0 Å². The largest absolute Gasteiger partial charge is 0.497 e. The lowest BCUT2D eigenvalue weighted by Crippen LogP contribution is -2.48. The number of hydrogen-bond donors (Lipinski definition) is 0. The third kappa shape index (κ3) is 4.24. The molecule has 0 saturated carbocycles. The number of ether oxygens (including phenoxy) is 1. The highest BCUT2D eigenvalue weighted by Gasteiger charge is 2.43. The van der Waals surface area contributed by atoms with E-state index in [4.69, 9.17) is 9.73 Å². The molecule has 188 valence electrons. The van der Waals surface area contributed by atoms with Gasteiger partial charge in [-0.25, -0.2) is 4.99 Å². The summed E-state index contributed by atoms with van der Waals surface area (Å²) in [6, 6.07) is 17.7. The zero-order valence-corrected chi connectivity index (χ0v) is 22.7. The second kappa shape index (κ2) is 9.24. The van der Waals surface area contributed by atoms with Crippen molar-refractivity contribution in [3.8, 4) is 16.9 Å². The van der Waals surface area contributed by atoms with E-state index in [0.717, 1.165) is 48.9 Å². The molecule has 37 heavy (non-hydrogen) atoms. The molecule has 1 aromatic heterocycles. The number of rotatable bonds is 4. The van der Waals surface area contributed by atoms with Gasteiger partial charge in [-0.15, -0.1) is 0 Å². The number of benzene rings is 3. The molecule has 2 heterocycles. The maximum atomic E-state index is 14.0. The van der Waals surface area contributed by atoms with Crippen molar-refractivity contribution in [3.05, 3.63) is 97.0 Å². The average Bonchev–Trinajstić information content (AvgIpc) is 3.30. The summed E-state index contributed by atoms with van der Waals surface area (Å²) >= 11 is 0. The maximum absolute atomic E-state index is 14.0. The molecule has 0 N–H and O–H groups in total. The first-order valence-electron chi connectivity index (χ1n) is 11.6. The zero-order chi connectivity index (χ0) is 26.5. The van der Waals surface area contributed by atoms with Crippen molar-refractivity contribution in [2.45, 2.75) is 33.2 Å². The van der Waals surface area contributed by atoms with Gasteiger partial charge in [0.05, 0.1) is 33.8 Å². The van der Waals surface area contributed by atoms with Crippen LogP contribution in [0.4, 0.5) is 17.1 Å². The molecule has 1 aliphatic rings. The van der Waals surface area contributed by atoms with Crippen molar-refractivity contribution in [3.63, 3.8) is 0 Å². The number of methoxy groups -OCH3 is 1. The number of nitrogens with zero attached hydrogens (tertiary/aromatic N) is 3. The van der Waals surface area contributed by atoms with Crippen molar-refractivity contribution in [2.75, 3.05) is 12.0 Å². The van der Waals surface area contributed by atoms with Gasteiger partial charge in [0.2, 0.25) is 0 Å². The van der Waals surface area contributed by atoms with Crippen LogP contribution in [0.15, 0.2) is 65.7 Å². The van der Waals surface area contributed by atoms with Gasteiger partial charge in [-0.3, -0.25) is 19.8 Å². The van der Waals surface area contributed by atoms with E-state index >= 15 is 0 Å². The number of carbonyl (C=O) groups excluding carboxylic acids is 1. The molecule has 5 rings (SSSR count). The lowest BCUT2D eigenvalue weighted by atomic mass is 9.85. The summed E-state index contributed by atoms with van der Waals surface area (Å²) in [5.74, 6) is 0.449. The van der Waals surface area contributed by atoms with Crippen molar-refractivity contribution in [2.24, 2.45) is 4.99 Å². The molecule has 0 atom stereocenters. The van der Waals surface area contributed by atoms with E-state index in [-0.39, 0.29) is 17.2 Å². The van der Waals surface area contributed by atoms with E-state index in [0.29, 0.717) is 0 Å². The van der Waals surface area contributed by atoms with Gasteiger partial charge in [-0.2, -0.15) is 0 Å². The normalized spacial score (nSPS) is 14.2. The minimum absolute atomic E-state index is 0.112. The van der Waals surface area contributed by atoms with Crippen LogP contribution >= 0.6 is 20.7 Å². The summed E-state index contributed by atoms with van der Waals surface area (Å²) in [5, 5.41) is 11.4. The van der Waals surface area contributed by atoms with Gasteiger partial charge in [0, 0.05) is 34.9 Å². The molecule has 4 aromatic rings. The van der Waals surface area contributed by atoms with E-state index in [1.54, 1.807) is 44.8 Å². The van der Waals surface area contributed by atoms with Crippen LogP contribution in [-0.4, -0.2) is 17.9 Å².